The minimum atomic E-state index is -0.156. The third kappa shape index (κ3) is 1.30. The largest absolute Gasteiger partial charge is 0.369 e. The second-order valence-corrected chi connectivity index (χ2v) is 4.56. The second kappa shape index (κ2) is 3.08. The molecule has 80 valence electrons. The van der Waals surface area contributed by atoms with Crippen LogP contribution in [0.3, 0.4) is 0 Å². The van der Waals surface area contributed by atoms with Gasteiger partial charge in [0.05, 0.1) is 22.6 Å². The molecule has 2 aliphatic rings. The molecule has 0 bridgehead atoms. The van der Waals surface area contributed by atoms with Gasteiger partial charge >= 0.3 is 0 Å². The molecule has 3 rings (SSSR count). The number of rotatable bonds is 0. The van der Waals surface area contributed by atoms with Gasteiger partial charge < -0.3 is 5.32 Å². The summed E-state index contributed by atoms with van der Waals surface area (Å²) in [5.74, 6) is 0. The monoisotopic (exact) mass is 210 g/mol. The van der Waals surface area contributed by atoms with Gasteiger partial charge in [-0.3, -0.25) is 0 Å². The van der Waals surface area contributed by atoms with E-state index in [0.29, 0.717) is 0 Å². The average Bonchev–Trinajstić information content (AvgIpc) is 2.26. The highest BCUT2D eigenvalue weighted by atomic mass is 15.1. The molecule has 0 saturated heterocycles. The summed E-state index contributed by atoms with van der Waals surface area (Å²) >= 11 is 0. The Hall–Kier alpha value is -1.83. The molecule has 16 heavy (non-hydrogen) atoms. The van der Waals surface area contributed by atoms with Crippen LogP contribution in [0.5, 0.6) is 0 Å². The van der Waals surface area contributed by atoms with Crippen molar-refractivity contribution < 1.29 is 0 Å². The minimum absolute atomic E-state index is 0.156. The summed E-state index contributed by atoms with van der Waals surface area (Å²) in [5, 5.41) is 3.53. The lowest BCUT2D eigenvalue weighted by atomic mass is 9.89. The maximum Gasteiger partial charge on any atom is 0.0956 e. The highest BCUT2D eigenvalue weighted by molar-refractivity contribution is 6.10. The molecule has 1 aromatic carbocycles. The lowest BCUT2D eigenvalue weighted by Gasteiger charge is -2.34. The first-order valence-electron chi connectivity index (χ1n) is 5.51. The smallest absolute Gasteiger partial charge is 0.0956 e. The molecular weight excluding hydrogens is 196 g/mol. The summed E-state index contributed by atoms with van der Waals surface area (Å²) in [5.41, 5.74) is 4.30. The highest BCUT2D eigenvalue weighted by Gasteiger charge is 2.31. The SMILES string of the molecule is Cc1ccc2c(c1)N=C1C=CC=CC1(C)N2. The Bertz CT molecular complexity index is 538. The summed E-state index contributed by atoms with van der Waals surface area (Å²) in [4.78, 5) is 4.72. The van der Waals surface area contributed by atoms with Crippen molar-refractivity contribution >= 4 is 17.1 Å². The van der Waals surface area contributed by atoms with Gasteiger partial charge in [0, 0.05) is 0 Å². The molecular formula is C14H14N2. The number of aliphatic imine (C=N–C) groups is 1. The third-order valence-electron chi connectivity index (χ3n) is 3.12. The van der Waals surface area contributed by atoms with Crippen molar-refractivity contribution in [3.63, 3.8) is 0 Å². The molecule has 0 fully saturated rings. The maximum absolute atomic E-state index is 4.72. The fourth-order valence-corrected chi connectivity index (χ4v) is 2.16. The number of allylic oxidation sites excluding steroid dienone is 2. The lowest BCUT2D eigenvalue weighted by molar-refractivity contribution is 0.837. The molecule has 1 aliphatic heterocycles. The number of benzene rings is 1. The standard InChI is InChI=1S/C14H14N2/c1-10-6-7-11-12(9-10)15-13-5-3-4-8-14(13,2)16-11/h3-9,16H,1-2H3. The van der Waals surface area contributed by atoms with Gasteiger partial charge in [-0.05, 0) is 37.6 Å². The number of anilines is 1. The molecule has 2 heteroatoms. The Kier molecular flexibility index (Phi) is 1.81. The molecule has 1 atom stereocenters. The summed E-state index contributed by atoms with van der Waals surface area (Å²) in [6.07, 6.45) is 8.31. The van der Waals surface area contributed by atoms with Crippen molar-refractivity contribution in [1.82, 2.24) is 0 Å². The number of nitrogens with zero attached hydrogens (tertiary/aromatic N) is 1. The van der Waals surface area contributed by atoms with E-state index < -0.39 is 0 Å². The van der Waals surface area contributed by atoms with Gasteiger partial charge in [-0.1, -0.05) is 24.3 Å². The average molecular weight is 210 g/mol. The molecule has 0 spiro atoms. The quantitative estimate of drug-likeness (QED) is 0.697. The number of nitrogens with one attached hydrogen (secondary N) is 1. The van der Waals surface area contributed by atoms with Crippen LogP contribution in [0.1, 0.15) is 12.5 Å². The maximum atomic E-state index is 4.72. The van der Waals surface area contributed by atoms with Crippen LogP contribution in [-0.2, 0) is 0 Å². The first-order chi connectivity index (χ1) is 7.67. The predicted molar refractivity (Wildman–Crippen MR) is 68.6 cm³/mol. The zero-order valence-electron chi connectivity index (χ0n) is 9.49. The van der Waals surface area contributed by atoms with Gasteiger partial charge in [0.1, 0.15) is 0 Å². The minimum Gasteiger partial charge on any atom is -0.369 e. The number of fused-ring (bicyclic) bond motifs is 2. The summed E-state index contributed by atoms with van der Waals surface area (Å²) in [6, 6.07) is 6.32. The Labute approximate surface area is 95.4 Å². The second-order valence-electron chi connectivity index (χ2n) is 4.56. The van der Waals surface area contributed by atoms with Crippen molar-refractivity contribution in [1.29, 1.82) is 0 Å². The molecule has 0 radical (unpaired) electrons. The van der Waals surface area contributed by atoms with Gasteiger partial charge in [0.2, 0.25) is 0 Å². The van der Waals surface area contributed by atoms with Gasteiger partial charge in [-0.2, -0.15) is 0 Å². The topological polar surface area (TPSA) is 24.4 Å². The molecule has 0 amide bonds. The third-order valence-corrected chi connectivity index (χ3v) is 3.12. The molecule has 0 saturated carbocycles. The van der Waals surface area contributed by atoms with E-state index in [0.717, 1.165) is 17.1 Å². The van der Waals surface area contributed by atoms with E-state index >= 15 is 0 Å². The van der Waals surface area contributed by atoms with E-state index in [1.807, 2.05) is 6.08 Å². The summed E-state index contributed by atoms with van der Waals surface area (Å²) < 4.78 is 0. The van der Waals surface area contributed by atoms with Gasteiger partial charge in [-0.15, -0.1) is 0 Å². The summed E-state index contributed by atoms with van der Waals surface area (Å²) in [6.45, 7) is 4.24. The first-order valence-corrected chi connectivity index (χ1v) is 5.51. The Morgan fingerprint density at radius 1 is 1.25 bits per heavy atom. The van der Waals surface area contributed by atoms with Crippen LogP contribution >= 0.6 is 0 Å². The zero-order chi connectivity index (χ0) is 11.2. The van der Waals surface area contributed by atoms with Crippen LogP contribution in [0.25, 0.3) is 0 Å². The van der Waals surface area contributed by atoms with Crippen molar-refractivity contribution in [3.05, 3.63) is 48.1 Å². The first kappa shape index (κ1) is 9.40. The van der Waals surface area contributed by atoms with Gasteiger partial charge in [-0.25, -0.2) is 4.99 Å². The Morgan fingerprint density at radius 2 is 2.12 bits per heavy atom. The number of aryl methyl sites for hydroxylation is 1. The van der Waals surface area contributed by atoms with Crippen molar-refractivity contribution in [3.8, 4) is 0 Å². The van der Waals surface area contributed by atoms with Crippen LogP contribution < -0.4 is 5.32 Å². The van der Waals surface area contributed by atoms with Crippen molar-refractivity contribution in [2.75, 3.05) is 5.32 Å². The molecule has 1 aromatic rings. The molecule has 1 unspecified atom stereocenters. The van der Waals surface area contributed by atoms with E-state index in [1.54, 1.807) is 0 Å². The van der Waals surface area contributed by atoms with E-state index in [2.05, 4.69) is 55.6 Å². The van der Waals surface area contributed by atoms with E-state index in [-0.39, 0.29) is 5.54 Å². The molecule has 0 aromatic heterocycles. The van der Waals surface area contributed by atoms with Crippen molar-refractivity contribution in [2.45, 2.75) is 19.4 Å². The number of hydrogen-bond donors (Lipinski definition) is 1. The fraction of sp³-hybridized carbons (Fsp3) is 0.214. The highest BCUT2D eigenvalue weighted by Crippen LogP contribution is 2.36. The van der Waals surface area contributed by atoms with Crippen LogP contribution in [0, 0.1) is 6.92 Å². The Balaban J connectivity index is 2.18. The molecule has 1 N–H and O–H groups in total. The predicted octanol–water partition coefficient (Wildman–Crippen LogP) is 3.38. The lowest BCUT2D eigenvalue weighted by Crippen LogP contribution is -2.43. The number of hydrogen-bond acceptors (Lipinski definition) is 2. The summed E-state index contributed by atoms with van der Waals surface area (Å²) in [7, 11) is 0. The van der Waals surface area contributed by atoms with Gasteiger partial charge in [0.25, 0.3) is 0 Å². The van der Waals surface area contributed by atoms with Crippen LogP contribution in [0.2, 0.25) is 0 Å². The Morgan fingerprint density at radius 3 is 3.00 bits per heavy atom. The zero-order valence-corrected chi connectivity index (χ0v) is 9.49. The van der Waals surface area contributed by atoms with Crippen LogP contribution in [-0.4, -0.2) is 11.3 Å². The van der Waals surface area contributed by atoms with Crippen LogP contribution in [0.15, 0.2) is 47.5 Å². The van der Waals surface area contributed by atoms with Gasteiger partial charge in [0.15, 0.2) is 0 Å². The van der Waals surface area contributed by atoms with E-state index in [1.165, 1.54) is 5.56 Å². The fourth-order valence-electron chi connectivity index (χ4n) is 2.16. The molecule has 1 aliphatic carbocycles. The molecule has 2 nitrogen and oxygen atoms in total. The van der Waals surface area contributed by atoms with Crippen molar-refractivity contribution in [2.24, 2.45) is 4.99 Å². The van der Waals surface area contributed by atoms with E-state index in [9.17, 15) is 0 Å². The molecule has 1 heterocycles. The van der Waals surface area contributed by atoms with E-state index in [4.69, 9.17) is 4.99 Å². The van der Waals surface area contributed by atoms with Crippen LogP contribution in [0.4, 0.5) is 11.4 Å². The normalized spacial score (nSPS) is 25.5.